The Morgan fingerprint density at radius 1 is 0.947 bits per heavy atom. The van der Waals surface area contributed by atoms with Crippen molar-refractivity contribution in [3.05, 3.63) is 65.2 Å². The van der Waals surface area contributed by atoms with E-state index in [0.29, 0.717) is 5.25 Å². The molecule has 0 radical (unpaired) electrons. The number of benzene rings is 2. The average Bonchev–Trinajstić information content (AvgIpc) is 2.46. The molecule has 1 atom stereocenters. The number of rotatable bonds is 5. The van der Waals surface area contributed by atoms with Crippen LogP contribution in [0.25, 0.3) is 0 Å². The van der Waals surface area contributed by atoms with Crippen molar-refractivity contribution >= 4 is 11.8 Å². The summed E-state index contributed by atoms with van der Waals surface area (Å²) in [6, 6.07) is 17.2. The van der Waals surface area contributed by atoms with E-state index in [1.54, 1.807) is 7.11 Å². The largest absolute Gasteiger partial charge is 0.497 e. The highest BCUT2D eigenvalue weighted by Crippen LogP contribution is 2.36. The molecule has 0 aliphatic heterocycles. The molecule has 0 bridgehead atoms. The van der Waals surface area contributed by atoms with Gasteiger partial charge in [0, 0.05) is 0 Å². The van der Waals surface area contributed by atoms with Gasteiger partial charge in [-0.25, -0.2) is 0 Å². The minimum absolute atomic E-state index is 0.400. The van der Waals surface area contributed by atoms with Crippen LogP contribution in [0, 0.1) is 6.92 Å². The number of hydrogen-bond acceptors (Lipinski definition) is 2. The van der Waals surface area contributed by atoms with Gasteiger partial charge in [-0.05, 0) is 35.9 Å². The fraction of sp³-hybridized carbons (Fsp3) is 0.294. The number of aryl methyl sites for hydroxylation is 1. The van der Waals surface area contributed by atoms with E-state index in [9.17, 15) is 0 Å². The maximum Gasteiger partial charge on any atom is 0.118 e. The van der Waals surface area contributed by atoms with Gasteiger partial charge in [-0.2, -0.15) is 0 Å². The fourth-order valence-electron chi connectivity index (χ4n) is 2.07. The molecule has 0 heterocycles. The molecule has 0 amide bonds. The van der Waals surface area contributed by atoms with Crippen molar-refractivity contribution < 1.29 is 4.74 Å². The van der Waals surface area contributed by atoms with Crippen LogP contribution in [0.2, 0.25) is 0 Å². The van der Waals surface area contributed by atoms with Crippen LogP contribution in [0.5, 0.6) is 5.75 Å². The second-order valence-corrected chi connectivity index (χ2v) is 5.90. The first-order valence-electron chi connectivity index (χ1n) is 6.56. The first-order valence-corrected chi connectivity index (χ1v) is 7.61. The molecule has 0 N–H and O–H groups in total. The highest BCUT2D eigenvalue weighted by molar-refractivity contribution is 7.99. The summed E-state index contributed by atoms with van der Waals surface area (Å²) in [4.78, 5) is 0. The first kappa shape index (κ1) is 14.0. The molecule has 2 aromatic rings. The summed E-state index contributed by atoms with van der Waals surface area (Å²) in [5.74, 6) is 2.01. The zero-order valence-corrected chi connectivity index (χ0v) is 12.5. The molecular weight excluding hydrogens is 252 g/mol. The van der Waals surface area contributed by atoms with E-state index >= 15 is 0 Å². The maximum absolute atomic E-state index is 5.22. The summed E-state index contributed by atoms with van der Waals surface area (Å²) in [7, 11) is 1.70. The van der Waals surface area contributed by atoms with E-state index in [2.05, 4.69) is 50.2 Å². The van der Waals surface area contributed by atoms with Crippen molar-refractivity contribution in [3.8, 4) is 5.75 Å². The lowest BCUT2D eigenvalue weighted by Gasteiger charge is -2.17. The lowest BCUT2D eigenvalue weighted by atomic mass is 10.0. The maximum atomic E-state index is 5.22. The molecule has 0 saturated heterocycles. The van der Waals surface area contributed by atoms with Gasteiger partial charge in [0.15, 0.2) is 0 Å². The van der Waals surface area contributed by atoms with Crippen LogP contribution in [0.3, 0.4) is 0 Å². The predicted molar refractivity (Wildman–Crippen MR) is 84.1 cm³/mol. The van der Waals surface area contributed by atoms with Gasteiger partial charge in [0.1, 0.15) is 5.75 Å². The molecule has 2 aromatic carbocycles. The number of hydrogen-bond donors (Lipinski definition) is 0. The van der Waals surface area contributed by atoms with E-state index in [1.165, 1.54) is 16.7 Å². The van der Waals surface area contributed by atoms with Crippen LogP contribution in [-0.2, 0) is 0 Å². The van der Waals surface area contributed by atoms with Crippen LogP contribution in [0.1, 0.15) is 28.9 Å². The van der Waals surface area contributed by atoms with Gasteiger partial charge in [0.05, 0.1) is 12.4 Å². The Bertz CT molecular complexity index is 502. The zero-order valence-electron chi connectivity index (χ0n) is 11.7. The van der Waals surface area contributed by atoms with E-state index in [1.807, 2.05) is 23.9 Å². The number of methoxy groups -OCH3 is 1. The monoisotopic (exact) mass is 272 g/mol. The summed E-state index contributed by atoms with van der Waals surface area (Å²) in [5.41, 5.74) is 4.00. The third-order valence-electron chi connectivity index (χ3n) is 3.13. The molecule has 1 nitrogen and oxygen atoms in total. The van der Waals surface area contributed by atoms with Crippen LogP contribution >= 0.6 is 11.8 Å². The van der Waals surface area contributed by atoms with Crippen molar-refractivity contribution in [3.63, 3.8) is 0 Å². The summed E-state index contributed by atoms with van der Waals surface area (Å²) in [6.07, 6.45) is 0. The van der Waals surface area contributed by atoms with Crippen LogP contribution in [0.4, 0.5) is 0 Å². The van der Waals surface area contributed by atoms with Crippen molar-refractivity contribution in [1.82, 2.24) is 0 Å². The molecule has 0 saturated carbocycles. The lowest BCUT2D eigenvalue weighted by molar-refractivity contribution is 0.414. The molecule has 2 heteroatoms. The lowest BCUT2D eigenvalue weighted by Crippen LogP contribution is -1.97. The van der Waals surface area contributed by atoms with Crippen molar-refractivity contribution in [2.45, 2.75) is 19.1 Å². The summed E-state index contributed by atoms with van der Waals surface area (Å²) >= 11 is 1.96. The second-order valence-electron chi connectivity index (χ2n) is 4.52. The fourth-order valence-corrected chi connectivity index (χ4v) is 3.10. The van der Waals surface area contributed by atoms with Gasteiger partial charge >= 0.3 is 0 Å². The normalized spacial score (nSPS) is 12.2. The smallest absolute Gasteiger partial charge is 0.118 e. The number of thioether (sulfide) groups is 1. The van der Waals surface area contributed by atoms with Crippen LogP contribution in [0.15, 0.2) is 48.5 Å². The average molecular weight is 272 g/mol. The Kier molecular flexibility index (Phi) is 4.92. The molecule has 19 heavy (non-hydrogen) atoms. The van der Waals surface area contributed by atoms with Crippen molar-refractivity contribution in [2.24, 2.45) is 0 Å². The third-order valence-corrected chi connectivity index (χ3v) is 4.34. The Labute approximate surface area is 120 Å². The quantitative estimate of drug-likeness (QED) is 0.769. The summed E-state index contributed by atoms with van der Waals surface area (Å²) < 4.78 is 5.22. The molecule has 0 fully saturated rings. The van der Waals surface area contributed by atoms with Gasteiger partial charge in [-0.15, -0.1) is 11.8 Å². The standard InChI is InChI=1S/C17H20OS/c1-4-19-17(14-7-5-13(2)6-8-14)15-9-11-16(18-3)12-10-15/h5-12,17H,4H2,1-3H3. The van der Waals surface area contributed by atoms with Crippen molar-refractivity contribution in [2.75, 3.05) is 12.9 Å². The summed E-state index contributed by atoms with van der Waals surface area (Å²) in [6.45, 7) is 4.33. The predicted octanol–water partition coefficient (Wildman–Crippen LogP) is 4.85. The topological polar surface area (TPSA) is 9.23 Å². The van der Waals surface area contributed by atoms with Crippen molar-refractivity contribution in [1.29, 1.82) is 0 Å². The Morgan fingerprint density at radius 2 is 1.47 bits per heavy atom. The van der Waals surface area contributed by atoms with Crippen LogP contribution in [-0.4, -0.2) is 12.9 Å². The SMILES string of the molecule is CCSC(c1ccc(C)cc1)c1ccc(OC)cc1. The van der Waals surface area contributed by atoms with E-state index in [-0.39, 0.29) is 0 Å². The van der Waals surface area contributed by atoms with Gasteiger partial charge < -0.3 is 4.74 Å². The molecule has 2 rings (SSSR count). The molecule has 0 aromatic heterocycles. The third kappa shape index (κ3) is 3.54. The molecule has 100 valence electrons. The van der Waals surface area contributed by atoms with Crippen LogP contribution < -0.4 is 4.74 Å². The molecule has 0 aliphatic rings. The van der Waals surface area contributed by atoms with E-state index in [0.717, 1.165) is 11.5 Å². The molecule has 0 spiro atoms. The van der Waals surface area contributed by atoms with Gasteiger partial charge in [0.25, 0.3) is 0 Å². The van der Waals surface area contributed by atoms with E-state index in [4.69, 9.17) is 4.74 Å². The minimum Gasteiger partial charge on any atom is -0.497 e. The Morgan fingerprint density at radius 3 is 1.95 bits per heavy atom. The number of ether oxygens (including phenoxy) is 1. The first-order chi connectivity index (χ1) is 9.24. The Balaban J connectivity index is 2.30. The molecule has 1 unspecified atom stereocenters. The molecular formula is C17H20OS. The minimum atomic E-state index is 0.400. The summed E-state index contributed by atoms with van der Waals surface area (Å²) in [5, 5.41) is 0.400. The highest BCUT2D eigenvalue weighted by atomic mass is 32.2. The van der Waals surface area contributed by atoms with E-state index < -0.39 is 0 Å². The van der Waals surface area contributed by atoms with Gasteiger partial charge in [-0.3, -0.25) is 0 Å². The Hall–Kier alpha value is -1.41. The molecule has 0 aliphatic carbocycles. The zero-order chi connectivity index (χ0) is 13.7. The highest BCUT2D eigenvalue weighted by Gasteiger charge is 2.13. The second kappa shape index (κ2) is 6.67. The van der Waals surface area contributed by atoms with Gasteiger partial charge in [0.2, 0.25) is 0 Å². The van der Waals surface area contributed by atoms with Gasteiger partial charge in [-0.1, -0.05) is 48.9 Å².